The molecule has 4 nitrogen and oxygen atoms in total. The number of fused-ring (bicyclic) bond motifs is 7. The van der Waals surface area contributed by atoms with Crippen LogP contribution in [-0.2, 0) is 0 Å². The zero-order chi connectivity index (χ0) is 35.6. The Morgan fingerprint density at radius 2 is 1.19 bits per heavy atom. The molecule has 0 amide bonds. The molecule has 3 heterocycles. The van der Waals surface area contributed by atoms with Crippen LogP contribution in [0.4, 0.5) is 0 Å². The van der Waals surface area contributed by atoms with Crippen molar-refractivity contribution in [3.8, 4) is 34.0 Å². The second-order valence-electron chi connectivity index (χ2n) is 14.1. The van der Waals surface area contributed by atoms with Crippen LogP contribution >= 0.6 is 0 Å². The highest BCUT2D eigenvalue weighted by Gasteiger charge is 2.19. The van der Waals surface area contributed by atoms with Gasteiger partial charge in [-0.1, -0.05) is 121 Å². The number of rotatable bonds is 5. The Morgan fingerprint density at radius 1 is 0.481 bits per heavy atom. The number of aromatic nitrogens is 4. The van der Waals surface area contributed by atoms with E-state index in [2.05, 4.69) is 191 Å². The molecule has 0 atom stereocenters. The molecule has 0 N–H and O–H groups in total. The zero-order valence-corrected chi connectivity index (χ0v) is 29.5. The fraction of sp³-hybridized carbons (Fsp3) is 0.0400. The first-order valence-corrected chi connectivity index (χ1v) is 18.7. The quantitative estimate of drug-likeness (QED) is 0.180. The molecule has 3 aromatic heterocycles. The molecule has 0 bridgehead atoms. The van der Waals surface area contributed by atoms with Crippen molar-refractivity contribution < 1.29 is 0 Å². The van der Waals surface area contributed by atoms with E-state index >= 15 is 0 Å². The van der Waals surface area contributed by atoms with E-state index in [0.717, 1.165) is 51.9 Å². The largest absolute Gasteiger partial charge is 0.317 e. The Kier molecular flexibility index (Phi) is 6.96. The van der Waals surface area contributed by atoms with Crippen LogP contribution in [0.15, 0.2) is 182 Å². The van der Waals surface area contributed by atoms with Gasteiger partial charge >= 0.3 is 0 Å². The Bertz CT molecular complexity index is 3160. The first-order valence-electron chi connectivity index (χ1n) is 18.7. The first kappa shape index (κ1) is 30.6. The molecule has 11 rings (SSSR count). The van der Waals surface area contributed by atoms with E-state index in [-0.39, 0.29) is 0 Å². The summed E-state index contributed by atoms with van der Waals surface area (Å²) in [6.45, 7) is 0. The number of hydrogen-bond donors (Lipinski definition) is 0. The summed E-state index contributed by atoms with van der Waals surface area (Å²) in [7, 11) is 0. The molecule has 1 aliphatic rings. The second kappa shape index (κ2) is 12.3. The molecule has 1 aliphatic carbocycles. The number of para-hydroxylation sites is 3. The third-order valence-corrected chi connectivity index (χ3v) is 11.0. The van der Waals surface area contributed by atoms with Crippen molar-refractivity contribution in [2.24, 2.45) is 0 Å². The fourth-order valence-electron chi connectivity index (χ4n) is 8.54. The Labute approximate surface area is 312 Å². The van der Waals surface area contributed by atoms with Crippen LogP contribution < -0.4 is 0 Å². The molecule has 10 aromatic rings. The normalized spacial score (nSPS) is 13.1. The van der Waals surface area contributed by atoms with Crippen LogP contribution in [0.25, 0.3) is 94.0 Å². The monoisotopic (exact) mass is 690 g/mol. The van der Waals surface area contributed by atoms with Crippen LogP contribution in [0.1, 0.15) is 18.4 Å². The zero-order valence-electron chi connectivity index (χ0n) is 29.5. The van der Waals surface area contributed by atoms with E-state index in [1.807, 2.05) is 0 Å². The molecule has 0 unspecified atom stereocenters. The maximum atomic E-state index is 5.40. The number of allylic oxidation sites excluding steroid dienone is 4. The topological polar surface area (TPSA) is 35.6 Å². The molecule has 0 spiro atoms. The highest BCUT2D eigenvalue weighted by atomic mass is 15.0. The summed E-state index contributed by atoms with van der Waals surface area (Å²) < 4.78 is 4.66. The molecule has 0 radical (unpaired) electrons. The minimum absolute atomic E-state index is 0.708. The summed E-state index contributed by atoms with van der Waals surface area (Å²) in [6, 6.07) is 56.4. The smallest absolute Gasteiger partial charge is 0.160 e. The second-order valence-corrected chi connectivity index (χ2v) is 14.1. The summed E-state index contributed by atoms with van der Waals surface area (Å²) in [5.41, 5.74) is 12.2. The summed E-state index contributed by atoms with van der Waals surface area (Å²) in [5.74, 6) is 0.708. The summed E-state index contributed by atoms with van der Waals surface area (Å²) in [5, 5.41) is 7.19. The number of nitrogens with zero attached hydrogens (tertiary/aromatic N) is 4. The van der Waals surface area contributed by atoms with Crippen molar-refractivity contribution in [3.63, 3.8) is 0 Å². The van der Waals surface area contributed by atoms with Crippen LogP contribution in [0.2, 0.25) is 0 Å². The van der Waals surface area contributed by atoms with Crippen molar-refractivity contribution in [1.82, 2.24) is 19.1 Å². The molecule has 7 aromatic carbocycles. The van der Waals surface area contributed by atoms with Gasteiger partial charge in [-0.2, -0.15) is 0 Å². The Morgan fingerprint density at radius 3 is 2.04 bits per heavy atom. The van der Waals surface area contributed by atoms with E-state index in [0.29, 0.717) is 5.82 Å². The van der Waals surface area contributed by atoms with Crippen LogP contribution in [0, 0.1) is 0 Å². The van der Waals surface area contributed by atoms with Gasteiger partial charge in [-0.15, -0.1) is 0 Å². The molecule has 254 valence electrons. The van der Waals surface area contributed by atoms with Crippen molar-refractivity contribution in [2.45, 2.75) is 12.8 Å². The summed E-state index contributed by atoms with van der Waals surface area (Å²) in [6.07, 6.45) is 11.2. The minimum atomic E-state index is 0.708. The van der Waals surface area contributed by atoms with E-state index in [1.54, 1.807) is 0 Å². The lowest BCUT2D eigenvalue weighted by Gasteiger charge is -2.16. The highest BCUT2D eigenvalue weighted by Crippen LogP contribution is 2.40. The van der Waals surface area contributed by atoms with Gasteiger partial charge in [-0.3, -0.25) is 0 Å². The Balaban J connectivity index is 1.09. The van der Waals surface area contributed by atoms with Gasteiger partial charge in [-0.05, 0) is 89.3 Å². The van der Waals surface area contributed by atoms with Crippen molar-refractivity contribution in [1.29, 1.82) is 0 Å². The Hall–Kier alpha value is -7.04. The average molecular weight is 691 g/mol. The van der Waals surface area contributed by atoms with Crippen LogP contribution in [0.5, 0.6) is 0 Å². The van der Waals surface area contributed by atoms with Gasteiger partial charge in [0.1, 0.15) is 0 Å². The van der Waals surface area contributed by atoms with E-state index in [9.17, 15) is 0 Å². The SMILES string of the molecule is C1=CC(c2ccc(-c3nc(-c4cccc(-n5c6ccccc6c6c7ccn(-c8ccccc8)c7ccc65)c4)nc4ccccc34)c3ccccc23)=CCC1. The first-order chi connectivity index (χ1) is 26.8. The van der Waals surface area contributed by atoms with E-state index < -0.39 is 0 Å². The van der Waals surface area contributed by atoms with Gasteiger partial charge in [0.2, 0.25) is 0 Å². The lowest BCUT2D eigenvalue weighted by atomic mass is 9.91. The van der Waals surface area contributed by atoms with E-state index in [4.69, 9.17) is 9.97 Å². The molecule has 0 saturated carbocycles. The standard InChI is InChI=1S/C50H34N4/c1-3-14-33(15-4-1)37-26-27-40(39-21-8-7-20-38(37)39)49-41-22-9-11-24-44(41)51-50(52-49)34-16-13-19-36(32-34)54-46-25-12-10-23-42(46)48-43-30-31-53(35-17-5-2-6-18-35)45(43)28-29-47(48)54/h2-3,5-32H,1,4H2. The predicted molar refractivity (Wildman–Crippen MR) is 225 cm³/mol. The average Bonchev–Trinajstić information content (AvgIpc) is 3.83. The van der Waals surface area contributed by atoms with Gasteiger partial charge in [0.25, 0.3) is 0 Å². The van der Waals surface area contributed by atoms with Gasteiger partial charge < -0.3 is 9.13 Å². The maximum absolute atomic E-state index is 5.40. The molecule has 54 heavy (non-hydrogen) atoms. The van der Waals surface area contributed by atoms with Crippen molar-refractivity contribution in [2.75, 3.05) is 0 Å². The maximum Gasteiger partial charge on any atom is 0.160 e. The summed E-state index contributed by atoms with van der Waals surface area (Å²) in [4.78, 5) is 10.6. The van der Waals surface area contributed by atoms with Crippen LogP contribution in [-0.4, -0.2) is 19.1 Å². The minimum Gasteiger partial charge on any atom is -0.317 e. The van der Waals surface area contributed by atoms with E-state index in [1.165, 1.54) is 54.6 Å². The number of benzene rings is 7. The fourth-order valence-corrected chi connectivity index (χ4v) is 8.54. The van der Waals surface area contributed by atoms with Gasteiger partial charge in [-0.25, -0.2) is 9.97 Å². The third kappa shape index (κ3) is 4.77. The van der Waals surface area contributed by atoms with Gasteiger partial charge in [0.05, 0.1) is 27.8 Å². The molecular formula is C50H34N4. The summed E-state index contributed by atoms with van der Waals surface area (Å²) >= 11 is 0. The molecule has 0 fully saturated rings. The lowest BCUT2D eigenvalue weighted by Crippen LogP contribution is -1.98. The lowest BCUT2D eigenvalue weighted by molar-refractivity contribution is 1.04. The predicted octanol–water partition coefficient (Wildman–Crippen LogP) is 12.9. The number of hydrogen-bond acceptors (Lipinski definition) is 2. The third-order valence-electron chi connectivity index (χ3n) is 11.0. The van der Waals surface area contributed by atoms with Gasteiger partial charge in [0.15, 0.2) is 5.82 Å². The van der Waals surface area contributed by atoms with Crippen molar-refractivity contribution in [3.05, 3.63) is 188 Å². The van der Waals surface area contributed by atoms with Crippen LogP contribution in [0.3, 0.4) is 0 Å². The molecule has 4 heteroatoms. The van der Waals surface area contributed by atoms with Crippen molar-refractivity contribution >= 4 is 60.0 Å². The van der Waals surface area contributed by atoms with Gasteiger partial charge in [0, 0.05) is 50.2 Å². The molecule has 0 saturated heterocycles. The molecular weight excluding hydrogens is 657 g/mol. The molecule has 0 aliphatic heterocycles. The highest BCUT2D eigenvalue weighted by molar-refractivity contribution is 6.21.